The zero-order valence-corrected chi connectivity index (χ0v) is 27.3. The van der Waals surface area contributed by atoms with Crippen LogP contribution in [0, 0.1) is 23.4 Å². The molecule has 2 saturated heterocycles. The number of ether oxygens (including phenoxy) is 2. The maximum Gasteiger partial charge on any atom is 0.332 e. The molecular weight excluding hydrogens is 635 g/mol. The molecule has 0 saturated carbocycles. The monoisotopic (exact) mass is 671 g/mol. The molecule has 11 heteroatoms. The Kier molecular flexibility index (Phi) is 8.46. The van der Waals surface area contributed by atoms with Crippen LogP contribution in [0.25, 0.3) is 0 Å². The summed E-state index contributed by atoms with van der Waals surface area (Å²) in [5.74, 6) is -5.51. The highest BCUT2D eigenvalue weighted by molar-refractivity contribution is 6.00. The van der Waals surface area contributed by atoms with E-state index in [2.05, 4.69) is 0 Å². The number of aromatic nitrogens is 1. The number of amides is 2. The number of halogens is 3. The highest BCUT2D eigenvalue weighted by atomic mass is 19.2. The number of nitrogens with zero attached hydrogens (tertiary/aromatic N) is 3. The number of carbonyl (C=O) groups excluding carboxylic acids is 3. The summed E-state index contributed by atoms with van der Waals surface area (Å²) < 4.78 is 55.3. The number of likely N-dealkylation sites (tertiary alicyclic amines) is 2. The van der Waals surface area contributed by atoms with Crippen molar-refractivity contribution in [2.45, 2.75) is 43.7 Å². The Bertz CT molecular complexity index is 1900. The number of rotatable bonds is 8. The van der Waals surface area contributed by atoms with E-state index in [0.29, 0.717) is 42.1 Å². The minimum atomic E-state index is -1.56. The van der Waals surface area contributed by atoms with E-state index in [9.17, 15) is 27.6 Å². The number of methoxy groups -OCH3 is 2. The van der Waals surface area contributed by atoms with E-state index in [-0.39, 0.29) is 42.8 Å². The van der Waals surface area contributed by atoms with Crippen LogP contribution in [0.3, 0.4) is 0 Å². The highest BCUT2D eigenvalue weighted by Crippen LogP contribution is 2.55. The van der Waals surface area contributed by atoms with Crippen molar-refractivity contribution in [1.29, 1.82) is 0 Å². The van der Waals surface area contributed by atoms with E-state index < -0.39 is 34.9 Å². The van der Waals surface area contributed by atoms with E-state index in [1.807, 2.05) is 18.2 Å². The second-order valence-corrected chi connectivity index (χ2v) is 13.1. The number of hydrogen-bond acceptors (Lipinski definition) is 5. The molecule has 3 aromatic carbocycles. The number of esters is 1. The van der Waals surface area contributed by atoms with Gasteiger partial charge in [0, 0.05) is 49.8 Å². The molecule has 254 valence electrons. The predicted octanol–water partition coefficient (Wildman–Crippen LogP) is 5.76. The summed E-state index contributed by atoms with van der Waals surface area (Å²) in [6, 6.07) is 19.7. The van der Waals surface area contributed by atoms with Gasteiger partial charge in [-0.25, -0.2) is 18.0 Å². The lowest BCUT2D eigenvalue weighted by atomic mass is 9.75. The second-order valence-electron chi connectivity index (χ2n) is 13.1. The average molecular weight is 672 g/mol. The minimum Gasteiger partial charge on any atom is -0.497 e. The van der Waals surface area contributed by atoms with Gasteiger partial charge in [0.05, 0.1) is 14.2 Å². The SMILES string of the molecule is COC(=O)[C@@]1(Cc2ccc(OC)cc2)[C@H]2c3cc(C(=O)N4CCCC4)n(Cc4cc(F)c(F)c(F)c4)c3C[C@H]2CN1C(=O)c1ccccc1. The van der Waals surface area contributed by atoms with Crippen molar-refractivity contribution < 1.29 is 37.0 Å². The Morgan fingerprint density at radius 2 is 1.53 bits per heavy atom. The van der Waals surface area contributed by atoms with Gasteiger partial charge in [-0.1, -0.05) is 30.3 Å². The number of carbonyl (C=O) groups is 3. The summed E-state index contributed by atoms with van der Waals surface area (Å²) in [7, 11) is 2.87. The first-order chi connectivity index (χ1) is 23.7. The molecule has 2 fully saturated rings. The van der Waals surface area contributed by atoms with Gasteiger partial charge in [0.15, 0.2) is 23.0 Å². The second kappa shape index (κ2) is 12.8. The van der Waals surface area contributed by atoms with Gasteiger partial charge in [-0.2, -0.15) is 0 Å². The first-order valence-corrected chi connectivity index (χ1v) is 16.4. The highest BCUT2D eigenvalue weighted by Gasteiger charge is 2.64. The molecule has 8 nitrogen and oxygen atoms in total. The van der Waals surface area contributed by atoms with E-state index in [0.717, 1.165) is 36.2 Å². The molecule has 1 aliphatic carbocycles. The zero-order chi connectivity index (χ0) is 34.4. The van der Waals surface area contributed by atoms with E-state index in [4.69, 9.17) is 9.47 Å². The van der Waals surface area contributed by atoms with E-state index >= 15 is 0 Å². The van der Waals surface area contributed by atoms with Gasteiger partial charge >= 0.3 is 5.97 Å². The Morgan fingerprint density at radius 1 is 0.857 bits per heavy atom. The predicted molar refractivity (Wildman–Crippen MR) is 174 cm³/mol. The first-order valence-electron chi connectivity index (χ1n) is 16.4. The van der Waals surface area contributed by atoms with Crippen LogP contribution in [0.4, 0.5) is 13.2 Å². The van der Waals surface area contributed by atoms with Gasteiger partial charge in [-0.3, -0.25) is 9.59 Å². The smallest absolute Gasteiger partial charge is 0.332 e. The molecule has 2 amide bonds. The lowest BCUT2D eigenvalue weighted by Gasteiger charge is -2.40. The molecule has 1 aromatic heterocycles. The van der Waals surface area contributed by atoms with Crippen LogP contribution in [0.15, 0.2) is 72.8 Å². The van der Waals surface area contributed by atoms with E-state index in [1.54, 1.807) is 63.9 Å². The van der Waals surface area contributed by atoms with E-state index in [1.165, 1.54) is 7.11 Å². The summed E-state index contributed by atoms with van der Waals surface area (Å²) in [5.41, 5.74) is 1.60. The molecule has 0 radical (unpaired) electrons. The Morgan fingerprint density at radius 3 is 2.16 bits per heavy atom. The first kappa shape index (κ1) is 32.5. The maximum atomic E-state index is 14.4. The molecule has 3 aliphatic rings. The fourth-order valence-electron chi connectivity index (χ4n) is 8.18. The van der Waals surface area contributed by atoms with Crippen LogP contribution in [0.2, 0.25) is 0 Å². The normalized spacial score (nSPS) is 21.1. The van der Waals surface area contributed by atoms with Crippen molar-refractivity contribution in [2.75, 3.05) is 33.9 Å². The van der Waals surface area contributed by atoms with Crippen molar-refractivity contribution in [3.63, 3.8) is 0 Å². The third-order valence-corrected chi connectivity index (χ3v) is 10.4. The molecule has 4 aromatic rings. The Hall–Kier alpha value is -5.06. The van der Waals surface area contributed by atoms with Crippen LogP contribution in [0.5, 0.6) is 5.75 Å². The number of fused-ring (bicyclic) bond motifs is 3. The number of hydrogen-bond donors (Lipinski definition) is 0. The summed E-state index contributed by atoms with van der Waals surface area (Å²) in [4.78, 5) is 46.1. The fourth-order valence-corrected chi connectivity index (χ4v) is 8.18. The molecule has 2 aliphatic heterocycles. The van der Waals surface area contributed by atoms with Crippen LogP contribution in [-0.4, -0.2) is 71.5 Å². The molecule has 0 unspecified atom stereocenters. The minimum absolute atomic E-state index is 0.0891. The molecule has 0 spiro atoms. The van der Waals surface area contributed by atoms with Crippen molar-refractivity contribution in [3.05, 3.63) is 124 Å². The molecule has 3 atom stereocenters. The van der Waals surface area contributed by atoms with Crippen LogP contribution >= 0.6 is 0 Å². The van der Waals surface area contributed by atoms with Crippen LogP contribution in [-0.2, 0) is 28.9 Å². The third-order valence-electron chi connectivity index (χ3n) is 10.4. The Labute approximate surface area is 282 Å². The molecular formula is C38H36F3N3O5. The van der Waals surface area contributed by atoms with Crippen molar-refractivity contribution in [2.24, 2.45) is 5.92 Å². The van der Waals surface area contributed by atoms with Gasteiger partial charge in [0.2, 0.25) is 0 Å². The fraction of sp³-hybridized carbons (Fsp3) is 0.342. The standard InChI is InChI=1S/C38H36F3N3O5/c1-48-27-12-10-23(11-13-27)20-38(37(47)49-2)33-26(22-44(38)35(45)25-8-4-3-5-9-25)18-31-28(33)19-32(36(46)42-14-6-7-15-42)43(31)21-24-16-29(39)34(41)30(40)17-24/h3-5,8-13,16-17,19,26,33H,6-7,14-15,18,20-22H2,1-2H3/t26-,33+,38+/m0/s1. The average Bonchev–Trinajstić information content (AvgIpc) is 3.90. The lowest BCUT2D eigenvalue weighted by molar-refractivity contribution is -0.153. The van der Waals surface area contributed by atoms with Crippen LogP contribution < -0.4 is 4.74 Å². The van der Waals surface area contributed by atoms with Gasteiger partial charge in [-0.15, -0.1) is 0 Å². The summed E-state index contributed by atoms with van der Waals surface area (Å²) in [6.07, 6.45) is 2.22. The number of benzene rings is 3. The molecule has 3 heterocycles. The lowest BCUT2D eigenvalue weighted by Crippen LogP contribution is -2.58. The van der Waals surface area contributed by atoms with Crippen molar-refractivity contribution >= 4 is 17.8 Å². The summed E-state index contributed by atoms with van der Waals surface area (Å²) >= 11 is 0. The van der Waals surface area contributed by atoms with Gasteiger partial charge < -0.3 is 23.8 Å². The zero-order valence-electron chi connectivity index (χ0n) is 27.3. The molecule has 0 N–H and O–H groups in total. The molecule has 0 bridgehead atoms. The van der Waals surface area contributed by atoms with Gasteiger partial charge in [0.1, 0.15) is 11.4 Å². The molecule has 49 heavy (non-hydrogen) atoms. The summed E-state index contributed by atoms with van der Waals surface area (Å²) in [5, 5.41) is 0. The maximum absolute atomic E-state index is 14.4. The van der Waals surface area contributed by atoms with Gasteiger partial charge in [-0.05, 0) is 84.3 Å². The quantitative estimate of drug-likeness (QED) is 0.176. The summed E-state index contributed by atoms with van der Waals surface area (Å²) in [6.45, 7) is 1.29. The van der Waals surface area contributed by atoms with Crippen molar-refractivity contribution in [3.8, 4) is 5.75 Å². The Balaban J connectivity index is 1.40. The van der Waals surface area contributed by atoms with Crippen LogP contribution in [0.1, 0.15) is 62.0 Å². The topological polar surface area (TPSA) is 81.1 Å². The van der Waals surface area contributed by atoms with Gasteiger partial charge in [0.25, 0.3) is 11.8 Å². The molecule has 7 rings (SSSR count). The third kappa shape index (κ3) is 5.45. The largest absolute Gasteiger partial charge is 0.497 e. The van der Waals surface area contributed by atoms with Crippen molar-refractivity contribution in [1.82, 2.24) is 14.4 Å².